The molecule has 0 bridgehead atoms. The average molecular weight is 248 g/mol. The molecule has 5 heteroatoms. The molecule has 2 rings (SSSR count). The number of carbonyl (C=O) groups is 1. The molecule has 0 unspecified atom stereocenters. The Morgan fingerprint density at radius 2 is 2.06 bits per heavy atom. The fourth-order valence-corrected chi connectivity index (χ4v) is 1.77. The zero-order valence-corrected chi connectivity index (χ0v) is 9.97. The Kier molecular flexibility index (Phi) is 3.23. The largest absolute Gasteiger partial charge is 0.492 e. The number of benzene rings is 1. The maximum absolute atomic E-state index is 10.6. The van der Waals surface area contributed by atoms with Crippen LogP contribution < -0.4 is 9.47 Å². The van der Waals surface area contributed by atoms with E-state index in [2.05, 4.69) is 0 Å². The van der Waals surface area contributed by atoms with Crippen LogP contribution in [0.2, 0.25) is 0 Å². The van der Waals surface area contributed by atoms with Gasteiger partial charge in [-0.3, -0.25) is 0 Å². The molecule has 18 heavy (non-hydrogen) atoms. The van der Waals surface area contributed by atoms with Gasteiger partial charge in [-0.1, -0.05) is 0 Å². The molecule has 94 valence electrons. The number of carboxylic acid groups (broad SMARTS) is 1. The Labute approximate surface area is 103 Å². The summed E-state index contributed by atoms with van der Waals surface area (Å²) in [5.74, 6) is -0.134. The van der Waals surface area contributed by atoms with Crippen molar-refractivity contribution in [1.29, 1.82) is 0 Å². The van der Waals surface area contributed by atoms with Gasteiger partial charge >= 0.3 is 5.97 Å². The zero-order chi connectivity index (χ0) is 13.1. The number of carboxylic acids is 1. The topological polar surface area (TPSA) is 68.9 Å². The molecule has 2 aromatic rings. The second kappa shape index (κ2) is 4.83. The molecule has 1 heterocycles. The molecular formula is C13H12O5. The summed E-state index contributed by atoms with van der Waals surface area (Å²) in [5.41, 5.74) is 1.19. The Hall–Kier alpha value is -2.43. The van der Waals surface area contributed by atoms with Crippen LogP contribution in [-0.2, 0) is 4.79 Å². The fourth-order valence-electron chi connectivity index (χ4n) is 1.77. The molecule has 1 aromatic carbocycles. The van der Waals surface area contributed by atoms with E-state index in [1.54, 1.807) is 12.1 Å². The van der Waals surface area contributed by atoms with E-state index < -0.39 is 5.97 Å². The number of furan rings is 1. The van der Waals surface area contributed by atoms with Crippen LogP contribution in [0.5, 0.6) is 11.5 Å². The van der Waals surface area contributed by atoms with Gasteiger partial charge in [-0.2, -0.15) is 0 Å². The van der Waals surface area contributed by atoms with E-state index in [0.717, 1.165) is 11.5 Å². The third-order valence-electron chi connectivity index (χ3n) is 2.50. The highest BCUT2D eigenvalue weighted by molar-refractivity contribution is 5.92. The van der Waals surface area contributed by atoms with Crippen LogP contribution in [0.25, 0.3) is 17.0 Å². The molecule has 1 N–H and O–H groups in total. The number of hydrogen-bond donors (Lipinski definition) is 1. The van der Waals surface area contributed by atoms with E-state index in [0.29, 0.717) is 22.6 Å². The zero-order valence-electron chi connectivity index (χ0n) is 9.97. The van der Waals surface area contributed by atoms with Crippen molar-refractivity contribution in [3.8, 4) is 11.5 Å². The molecular weight excluding hydrogens is 236 g/mol. The SMILES string of the molecule is COc1c(/C=C/C(=O)O)cc2ccoc2c1OC. The highest BCUT2D eigenvalue weighted by Gasteiger charge is 2.15. The summed E-state index contributed by atoms with van der Waals surface area (Å²) >= 11 is 0. The second-order valence-corrected chi connectivity index (χ2v) is 3.54. The monoisotopic (exact) mass is 248 g/mol. The van der Waals surface area contributed by atoms with Crippen molar-refractivity contribution in [2.45, 2.75) is 0 Å². The Balaban J connectivity index is 2.67. The minimum atomic E-state index is -1.02. The number of hydrogen-bond acceptors (Lipinski definition) is 4. The van der Waals surface area contributed by atoms with Gasteiger partial charge in [0.15, 0.2) is 11.3 Å². The van der Waals surface area contributed by atoms with E-state index in [9.17, 15) is 4.79 Å². The van der Waals surface area contributed by atoms with E-state index in [-0.39, 0.29) is 0 Å². The lowest BCUT2D eigenvalue weighted by Crippen LogP contribution is -1.94. The van der Waals surface area contributed by atoms with Crippen molar-refractivity contribution in [2.24, 2.45) is 0 Å². The van der Waals surface area contributed by atoms with Gasteiger partial charge < -0.3 is 19.0 Å². The van der Waals surface area contributed by atoms with Crippen molar-refractivity contribution in [3.05, 3.63) is 30.0 Å². The maximum atomic E-state index is 10.6. The van der Waals surface area contributed by atoms with Gasteiger partial charge in [-0.15, -0.1) is 0 Å². The fraction of sp³-hybridized carbons (Fsp3) is 0.154. The van der Waals surface area contributed by atoms with E-state index in [4.69, 9.17) is 19.0 Å². The predicted molar refractivity (Wildman–Crippen MR) is 66.0 cm³/mol. The van der Waals surface area contributed by atoms with Crippen LogP contribution >= 0.6 is 0 Å². The maximum Gasteiger partial charge on any atom is 0.328 e. The van der Waals surface area contributed by atoms with E-state index in [1.807, 2.05) is 0 Å². The normalized spacial score (nSPS) is 11.0. The minimum absolute atomic E-state index is 0.442. The molecule has 5 nitrogen and oxygen atoms in total. The molecule has 0 aliphatic carbocycles. The van der Waals surface area contributed by atoms with Gasteiger partial charge in [0.05, 0.1) is 20.5 Å². The number of methoxy groups -OCH3 is 2. The predicted octanol–water partition coefficient (Wildman–Crippen LogP) is 2.55. The van der Waals surface area contributed by atoms with Gasteiger partial charge in [0.25, 0.3) is 0 Å². The van der Waals surface area contributed by atoms with Crippen molar-refractivity contribution in [3.63, 3.8) is 0 Å². The minimum Gasteiger partial charge on any atom is -0.492 e. The quantitative estimate of drug-likeness (QED) is 0.842. The Morgan fingerprint density at radius 3 is 2.67 bits per heavy atom. The van der Waals surface area contributed by atoms with Crippen molar-refractivity contribution >= 4 is 23.0 Å². The van der Waals surface area contributed by atoms with Gasteiger partial charge in [-0.25, -0.2) is 4.79 Å². The summed E-state index contributed by atoms with van der Waals surface area (Å²) in [6.07, 6.45) is 4.04. The van der Waals surface area contributed by atoms with Gasteiger partial charge in [0, 0.05) is 17.0 Å². The van der Waals surface area contributed by atoms with Crippen molar-refractivity contribution < 1.29 is 23.8 Å². The molecule has 0 fully saturated rings. The molecule has 0 spiro atoms. The summed E-state index contributed by atoms with van der Waals surface area (Å²) in [5, 5.41) is 9.48. The molecule has 1 aromatic heterocycles. The highest BCUT2D eigenvalue weighted by atomic mass is 16.5. The summed E-state index contributed by atoms with van der Waals surface area (Å²) in [6.45, 7) is 0. The number of rotatable bonds is 4. The van der Waals surface area contributed by atoms with Gasteiger partial charge in [-0.05, 0) is 18.2 Å². The molecule has 0 aliphatic rings. The van der Waals surface area contributed by atoms with Crippen LogP contribution in [0, 0.1) is 0 Å². The summed E-state index contributed by atoms with van der Waals surface area (Å²) in [4.78, 5) is 10.6. The summed E-state index contributed by atoms with van der Waals surface area (Å²) < 4.78 is 15.8. The van der Waals surface area contributed by atoms with Crippen LogP contribution in [-0.4, -0.2) is 25.3 Å². The smallest absolute Gasteiger partial charge is 0.328 e. The molecule has 0 saturated carbocycles. The summed E-state index contributed by atoms with van der Waals surface area (Å²) in [7, 11) is 3.00. The third-order valence-corrected chi connectivity index (χ3v) is 2.50. The van der Waals surface area contributed by atoms with E-state index in [1.165, 1.54) is 26.6 Å². The van der Waals surface area contributed by atoms with Gasteiger partial charge in [0.2, 0.25) is 5.75 Å². The first-order valence-corrected chi connectivity index (χ1v) is 5.20. The van der Waals surface area contributed by atoms with Crippen molar-refractivity contribution in [2.75, 3.05) is 14.2 Å². The van der Waals surface area contributed by atoms with Gasteiger partial charge in [0.1, 0.15) is 0 Å². The average Bonchev–Trinajstić information content (AvgIpc) is 2.81. The number of fused-ring (bicyclic) bond motifs is 1. The van der Waals surface area contributed by atoms with Crippen LogP contribution in [0.1, 0.15) is 5.56 Å². The van der Waals surface area contributed by atoms with Crippen LogP contribution in [0.4, 0.5) is 0 Å². The van der Waals surface area contributed by atoms with Crippen molar-refractivity contribution in [1.82, 2.24) is 0 Å². The Morgan fingerprint density at radius 1 is 1.33 bits per heavy atom. The first kappa shape index (κ1) is 12.0. The first-order valence-electron chi connectivity index (χ1n) is 5.20. The summed E-state index contributed by atoms with van der Waals surface area (Å²) in [6, 6.07) is 3.55. The highest BCUT2D eigenvalue weighted by Crippen LogP contribution is 2.39. The van der Waals surface area contributed by atoms with E-state index >= 15 is 0 Å². The molecule has 0 saturated heterocycles. The number of aliphatic carboxylic acids is 1. The molecule has 0 aliphatic heterocycles. The second-order valence-electron chi connectivity index (χ2n) is 3.54. The van der Waals surface area contributed by atoms with Crippen LogP contribution in [0.15, 0.2) is 28.9 Å². The molecule has 0 amide bonds. The van der Waals surface area contributed by atoms with Crippen LogP contribution in [0.3, 0.4) is 0 Å². The third kappa shape index (κ3) is 2.02. The lowest BCUT2D eigenvalue weighted by molar-refractivity contribution is -0.131. The lowest BCUT2D eigenvalue weighted by atomic mass is 10.1. The molecule has 0 radical (unpaired) electrons. The number of ether oxygens (including phenoxy) is 2. The molecule has 0 atom stereocenters. The first-order chi connectivity index (χ1) is 8.67. The lowest BCUT2D eigenvalue weighted by Gasteiger charge is -2.10. The Bertz CT molecular complexity index is 609. The standard InChI is InChI=1S/C13H12O5/c1-16-11-8(3-4-10(14)15)7-9-5-6-18-12(9)13(11)17-2/h3-7H,1-2H3,(H,14,15)/b4-3+.